The Morgan fingerprint density at radius 2 is 1.89 bits per heavy atom. The van der Waals surface area contributed by atoms with Gasteiger partial charge in [-0.1, -0.05) is 0 Å². The summed E-state index contributed by atoms with van der Waals surface area (Å²) in [6, 6.07) is 5.25. The first kappa shape index (κ1) is 15.6. The van der Waals surface area contributed by atoms with Crippen molar-refractivity contribution in [2.75, 3.05) is 27.3 Å². The molecule has 0 spiro atoms. The number of nitrogens with zero attached hydrogens (tertiary/aromatic N) is 1. The summed E-state index contributed by atoms with van der Waals surface area (Å²) in [7, 11) is 3.12. The maximum atomic E-state index is 12.3. The van der Waals surface area contributed by atoms with Gasteiger partial charge < -0.3 is 14.4 Å². The molecule has 19 heavy (non-hydrogen) atoms. The zero-order chi connectivity index (χ0) is 14.4. The number of benzene rings is 1. The minimum absolute atomic E-state index is 0.127. The number of hydrogen-bond acceptors (Lipinski definition) is 3. The normalized spacial score (nSPS) is 11.8. The van der Waals surface area contributed by atoms with Gasteiger partial charge in [-0.2, -0.15) is 0 Å². The van der Waals surface area contributed by atoms with Crippen LogP contribution in [0.2, 0.25) is 0 Å². The first-order valence-electron chi connectivity index (χ1n) is 6.23. The van der Waals surface area contributed by atoms with Gasteiger partial charge in [-0.25, -0.2) is 0 Å². The van der Waals surface area contributed by atoms with Crippen LogP contribution in [0, 0.1) is 0 Å². The van der Waals surface area contributed by atoms with E-state index >= 15 is 0 Å². The summed E-state index contributed by atoms with van der Waals surface area (Å²) < 4.78 is 10.4. The number of ether oxygens (including phenoxy) is 2. The van der Waals surface area contributed by atoms with Crippen LogP contribution in [0.5, 0.6) is 11.5 Å². The van der Waals surface area contributed by atoms with Crippen LogP contribution in [-0.4, -0.2) is 38.1 Å². The number of alkyl halides is 1. The van der Waals surface area contributed by atoms with Crippen molar-refractivity contribution in [3.63, 3.8) is 0 Å². The number of methoxy groups -OCH3 is 2. The lowest BCUT2D eigenvalue weighted by atomic mass is 10.1. The van der Waals surface area contributed by atoms with Crippen LogP contribution in [0.3, 0.4) is 0 Å². The quantitative estimate of drug-likeness (QED) is 0.755. The lowest BCUT2D eigenvalue weighted by molar-refractivity contribution is -0.130. The second-order valence-electron chi connectivity index (χ2n) is 3.98. The molecule has 1 atom stereocenters. The molecule has 0 heterocycles. The second-order valence-corrected chi connectivity index (χ2v) is 4.42. The third kappa shape index (κ3) is 3.53. The molecule has 1 amide bonds. The van der Waals surface area contributed by atoms with Crippen molar-refractivity contribution < 1.29 is 14.3 Å². The predicted octanol–water partition coefficient (Wildman–Crippen LogP) is 2.85. The molecule has 1 aromatic carbocycles. The Balaban J connectivity index is 3.09. The van der Waals surface area contributed by atoms with Crippen LogP contribution < -0.4 is 9.47 Å². The molecule has 0 radical (unpaired) electrons. The summed E-state index contributed by atoms with van der Waals surface area (Å²) in [6.45, 7) is 5.11. The molecule has 4 nitrogen and oxygen atoms in total. The molecule has 0 saturated carbocycles. The number of carbonyl (C=O) groups is 1. The molecular formula is C14H20ClNO3. The number of likely N-dealkylation sites (N-methyl/N-ethyl adjacent to an activating group) is 1. The molecule has 0 aromatic heterocycles. The van der Waals surface area contributed by atoms with Crippen LogP contribution in [-0.2, 0) is 4.79 Å². The molecule has 0 bridgehead atoms. The van der Waals surface area contributed by atoms with Crippen molar-refractivity contribution in [3.05, 3.63) is 23.8 Å². The van der Waals surface area contributed by atoms with Crippen molar-refractivity contribution >= 4 is 17.5 Å². The Hall–Kier alpha value is -1.42. The lowest BCUT2D eigenvalue weighted by Gasteiger charge is -2.23. The number of hydrogen-bond donors (Lipinski definition) is 0. The fourth-order valence-corrected chi connectivity index (χ4v) is 2.17. The fourth-order valence-electron chi connectivity index (χ4n) is 1.87. The minimum Gasteiger partial charge on any atom is -0.497 e. The maximum Gasteiger partial charge on any atom is 0.245 e. The second kappa shape index (κ2) is 7.24. The molecule has 1 unspecified atom stereocenters. The fraction of sp³-hybridized carbons (Fsp3) is 0.500. The van der Waals surface area contributed by atoms with Crippen LogP contribution >= 0.6 is 11.6 Å². The van der Waals surface area contributed by atoms with Gasteiger partial charge in [0, 0.05) is 18.7 Å². The monoisotopic (exact) mass is 285 g/mol. The van der Waals surface area contributed by atoms with Gasteiger partial charge in [0.2, 0.25) is 5.91 Å². The van der Waals surface area contributed by atoms with Gasteiger partial charge in [0.15, 0.2) is 0 Å². The molecule has 1 aromatic rings. The Morgan fingerprint density at radius 1 is 1.26 bits per heavy atom. The van der Waals surface area contributed by atoms with E-state index in [1.807, 2.05) is 13.8 Å². The Labute approximate surface area is 119 Å². The van der Waals surface area contributed by atoms with Gasteiger partial charge in [-0.15, -0.1) is 11.6 Å². The van der Waals surface area contributed by atoms with Gasteiger partial charge >= 0.3 is 0 Å². The smallest absolute Gasteiger partial charge is 0.245 e. The number of halogens is 1. The molecule has 0 aliphatic carbocycles. The van der Waals surface area contributed by atoms with E-state index in [2.05, 4.69) is 0 Å². The van der Waals surface area contributed by atoms with Gasteiger partial charge in [0.05, 0.1) is 14.2 Å². The topological polar surface area (TPSA) is 38.8 Å². The van der Waals surface area contributed by atoms with E-state index in [1.165, 1.54) is 0 Å². The molecular weight excluding hydrogens is 266 g/mol. The highest BCUT2D eigenvalue weighted by Crippen LogP contribution is 2.34. The van der Waals surface area contributed by atoms with Crippen LogP contribution in [0.1, 0.15) is 24.8 Å². The highest BCUT2D eigenvalue weighted by Gasteiger charge is 2.25. The van der Waals surface area contributed by atoms with Gasteiger partial charge in [0.25, 0.3) is 0 Å². The molecule has 0 saturated heterocycles. The van der Waals surface area contributed by atoms with Crippen molar-refractivity contribution in [3.8, 4) is 11.5 Å². The molecule has 0 aliphatic rings. The first-order valence-corrected chi connectivity index (χ1v) is 6.67. The van der Waals surface area contributed by atoms with Crippen molar-refractivity contribution in [1.29, 1.82) is 0 Å². The van der Waals surface area contributed by atoms with Crippen LogP contribution in [0.15, 0.2) is 18.2 Å². The largest absolute Gasteiger partial charge is 0.497 e. The standard InChI is InChI=1S/C14H20ClNO3/c1-5-16(6-2)14(17)13(15)11-9-10(18-3)7-8-12(11)19-4/h7-9,13H,5-6H2,1-4H3. The summed E-state index contributed by atoms with van der Waals surface area (Å²) in [6.07, 6.45) is 0. The molecule has 0 N–H and O–H groups in total. The summed E-state index contributed by atoms with van der Waals surface area (Å²) in [5.74, 6) is 1.10. The van der Waals surface area contributed by atoms with Crippen molar-refractivity contribution in [2.45, 2.75) is 19.2 Å². The number of rotatable bonds is 6. The molecule has 0 aliphatic heterocycles. The van der Waals surface area contributed by atoms with E-state index in [0.717, 1.165) is 0 Å². The summed E-state index contributed by atoms with van der Waals surface area (Å²) in [4.78, 5) is 14.0. The molecule has 0 fully saturated rings. The van der Waals surface area contributed by atoms with E-state index in [1.54, 1.807) is 37.3 Å². The van der Waals surface area contributed by atoms with E-state index in [9.17, 15) is 4.79 Å². The van der Waals surface area contributed by atoms with Gasteiger partial charge in [-0.3, -0.25) is 4.79 Å². The van der Waals surface area contributed by atoms with E-state index in [4.69, 9.17) is 21.1 Å². The van der Waals surface area contributed by atoms with Crippen molar-refractivity contribution in [2.24, 2.45) is 0 Å². The molecule has 1 rings (SSSR count). The lowest BCUT2D eigenvalue weighted by Crippen LogP contribution is -2.33. The summed E-state index contributed by atoms with van der Waals surface area (Å²) in [5, 5.41) is -0.773. The zero-order valence-electron chi connectivity index (χ0n) is 11.8. The predicted molar refractivity (Wildman–Crippen MR) is 76.1 cm³/mol. The Morgan fingerprint density at radius 3 is 2.37 bits per heavy atom. The van der Waals surface area contributed by atoms with Crippen LogP contribution in [0.25, 0.3) is 0 Å². The Kier molecular flexibility index (Phi) is 5.96. The zero-order valence-corrected chi connectivity index (χ0v) is 12.5. The summed E-state index contributed by atoms with van der Waals surface area (Å²) in [5.41, 5.74) is 0.625. The van der Waals surface area contributed by atoms with Crippen LogP contribution in [0.4, 0.5) is 0 Å². The maximum absolute atomic E-state index is 12.3. The molecule has 5 heteroatoms. The Bertz CT molecular complexity index is 433. The van der Waals surface area contributed by atoms with Gasteiger partial charge in [-0.05, 0) is 32.0 Å². The average molecular weight is 286 g/mol. The van der Waals surface area contributed by atoms with E-state index < -0.39 is 5.38 Å². The third-order valence-corrected chi connectivity index (χ3v) is 3.42. The number of amides is 1. The number of carbonyl (C=O) groups excluding carboxylic acids is 1. The average Bonchev–Trinajstić information content (AvgIpc) is 2.46. The van der Waals surface area contributed by atoms with E-state index in [-0.39, 0.29) is 5.91 Å². The SMILES string of the molecule is CCN(CC)C(=O)C(Cl)c1cc(OC)ccc1OC. The summed E-state index contributed by atoms with van der Waals surface area (Å²) >= 11 is 6.30. The minimum atomic E-state index is -0.773. The first-order chi connectivity index (χ1) is 9.08. The van der Waals surface area contributed by atoms with Crippen molar-refractivity contribution in [1.82, 2.24) is 4.90 Å². The van der Waals surface area contributed by atoms with E-state index in [0.29, 0.717) is 30.2 Å². The van der Waals surface area contributed by atoms with Gasteiger partial charge in [0.1, 0.15) is 16.9 Å². The highest BCUT2D eigenvalue weighted by atomic mass is 35.5. The molecule has 106 valence electrons. The third-order valence-electron chi connectivity index (χ3n) is 3.00. The highest BCUT2D eigenvalue weighted by molar-refractivity contribution is 6.31.